The van der Waals surface area contributed by atoms with Gasteiger partial charge in [0.15, 0.2) is 6.23 Å². The summed E-state index contributed by atoms with van der Waals surface area (Å²) in [6.07, 6.45) is -0.264. The molecule has 0 aromatic heterocycles. The molecule has 45 valence electrons. The van der Waals surface area contributed by atoms with Crippen molar-refractivity contribution in [3.8, 4) is 0 Å². The number of nitrogens with zero attached hydrogens (tertiary/aromatic N) is 1. The van der Waals surface area contributed by atoms with E-state index in [2.05, 4.69) is 0 Å². The first-order valence-electron chi connectivity index (χ1n) is 2.44. The summed E-state index contributed by atoms with van der Waals surface area (Å²) < 4.78 is 0.611. The molecule has 0 aliphatic carbocycles. The number of aliphatic hydroxyl groups is 1. The van der Waals surface area contributed by atoms with Crippen molar-refractivity contribution in [2.75, 3.05) is 21.1 Å². The summed E-state index contributed by atoms with van der Waals surface area (Å²) in [7, 11) is 5.85. The van der Waals surface area contributed by atoms with E-state index < -0.39 is 0 Å². The van der Waals surface area contributed by atoms with Crippen LogP contribution in [0.4, 0.5) is 0 Å². The van der Waals surface area contributed by atoms with Gasteiger partial charge in [-0.25, -0.2) is 0 Å². The van der Waals surface area contributed by atoms with E-state index >= 15 is 0 Å². The van der Waals surface area contributed by atoms with Crippen molar-refractivity contribution in [2.45, 2.75) is 13.2 Å². The zero-order chi connectivity index (χ0) is 6.08. The molecule has 0 aromatic rings. The van der Waals surface area contributed by atoms with E-state index in [1.165, 1.54) is 0 Å². The molecule has 1 N–H and O–H groups in total. The van der Waals surface area contributed by atoms with Crippen LogP contribution in [-0.2, 0) is 0 Å². The summed E-state index contributed by atoms with van der Waals surface area (Å²) >= 11 is 0. The second kappa shape index (κ2) is 1.80. The quantitative estimate of drug-likeness (QED) is 0.371. The van der Waals surface area contributed by atoms with Gasteiger partial charge in [-0.05, 0) is 0 Å². The van der Waals surface area contributed by atoms with E-state index in [1.54, 1.807) is 6.92 Å². The molecule has 0 aromatic carbocycles. The number of hydrogen-bond donors (Lipinski definition) is 1. The van der Waals surface area contributed by atoms with Crippen molar-refractivity contribution in [1.29, 1.82) is 0 Å². The number of quaternary nitrogens is 1. The van der Waals surface area contributed by atoms with Crippen LogP contribution in [0.15, 0.2) is 0 Å². The first-order valence-corrected chi connectivity index (χ1v) is 2.44. The van der Waals surface area contributed by atoms with Crippen LogP contribution in [-0.4, -0.2) is 37.0 Å². The predicted octanol–water partition coefficient (Wildman–Crippen LogP) is 0.143. The molecule has 0 aliphatic rings. The second-order valence-electron chi connectivity index (χ2n) is 2.75. The molecule has 0 amide bonds. The molecular formula is C5H15NO+. The Kier molecular flexibility index (Phi) is 1.78. The molecule has 0 saturated carbocycles. The maximum Gasteiger partial charge on any atom is 0.187 e. The standard InChI is InChI=1S/C5H14NO.H/c1-5(7)6(2,3)4;/h5,7H,1-4H3;/q+1;. The van der Waals surface area contributed by atoms with Crippen LogP contribution in [0, 0.1) is 0 Å². The first-order chi connectivity index (χ1) is 2.94. The van der Waals surface area contributed by atoms with Crippen molar-refractivity contribution in [1.82, 2.24) is 0 Å². The van der Waals surface area contributed by atoms with Gasteiger partial charge in [-0.15, -0.1) is 0 Å². The zero-order valence-electron chi connectivity index (χ0n) is 6.47. The number of rotatable bonds is 1. The van der Waals surface area contributed by atoms with Crippen LogP contribution in [0.25, 0.3) is 0 Å². The number of aliphatic hydroxyl groups excluding tert-OH is 1. The van der Waals surface area contributed by atoms with E-state index in [-0.39, 0.29) is 7.65 Å². The van der Waals surface area contributed by atoms with Gasteiger partial charge in [-0.1, -0.05) is 0 Å². The van der Waals surface area contributed by atoms with Crippen molar-refractivity contribution in [3.05, 3.63) is 0 Å². The van der Waals surface area contributed by atoms with Crippen LogP contribution >= 0.6 is 0 Å². The minimum atomic E-state index is -0.264. The fourth-order valence-corrected chi connectivity index (χ4v) is 0. The lowest BCUT2D eigenvalue weighted by atomic mass is 10.5. The minimum absolute atomic E-state index is 0. The largest absolute Gasteiger partial charge is 0.345 e. The Balaban J connectivity index is 0. The van der Waals surface area contributed by atoms with E-state index in [9.17, 15) is 0 Å². The Morgan fingerprint density at radius 1 is 1.43 bits per heavy atom. The molecule has 2 nitrogen and oxygen atoms in total. The average molecular weight is 105 g/mol. The fraction of sp³-hybridized carbons (Fsp3) is 1.00. The van der Waals surface area contributed by atoms with Gasteiger partial charge in [0, 0.05) is 8.35 Å². The van der Waals surface area contributed by atoms with Crippen molar-refractivity contribution < 1.29 is 11.0 Å². The summed E-state index contributed by atoms with van der Waals surface area (Å²) in [5.41, 5.74) is 0. The first kappa shape index (κ1) is 6.92. The SMILES string of the molecule is CC(O)[N+](C)(C)C.[H]. The van der Waals surface area contributed by atoms with Crippen LogP contribution in [0.1, 0.15) is 8.35 Å². The van der Waals surface area contributed by atoms with Gasteiger partial charge < -0.3 is 9.59 Å². The highest BCUT2D eigenvalue weighted by Crippen LogP contribution is 1.94. The molecule has 1 radical (unpaired) electrons. The summed E-state index contributed by atoms with van der Waals surface area (Å²) in [5, 5.41) is 8.86. The van der Waals surface area contributed by atoms with E-state index in [4.69, 9.17) is 5.11 Å². The molecule has 0 aliphatic heterocycles. The molecule has 0 saturated heterocycles. The molecule has 2 heteroatoms. The fourth-order valence-electron chi connectivity index (χ4n) is 0. The average Bonchev–Trinajstić information content (AvgIpc) is 1.31. The number of hydrogen-bond acceptors (Lipinski definition) is 1. The lowest BCUT2D eigenvalue weighted by Gasteiger charge is -2.26. The monoisotopic (exact) mass is 105 g/mol. The van der Waals surface area contributed by atoms with Crippen LogP contribution < -0.4 is 0 Å². The Bertz CT molecular complexity index is 57.9. The van der Waals surface area contributed by atoms with Crippen molar-refractivity contribution >= 4 is 0 Å². The highest BCUT2D eigenvalue weighted by Gasteiger charge is 2.12. The summed E-state index contributed by atoms with van der Waals surface area (Å²) in [6, 6.07) is 0. The Morgan fingerprint density at radius 3 is 1.57 bits per heavy atom. The topological polar surface area (TPSA) is 20.2 Å². The Hall–Kier alpha value is -0.0800. The Morgan fingerprint density at radius 2 is 1.57 bits per heavy atom. The van der Waals surface area contributed by atoms with Gasteiger partial charge in [-0.3, -0.25) is 0 Å². The molecular weight excluding hydrogens is 90.1 g/mol. The van der Waals surface area contributed by atoms with Crippen LogP contribution in [0.2, 0.25) is 0 Å². The second-order valence-corrected chi connectivity index (χ2v) is 2.75. The maximum absolute atomic E-state index is 8.86. The van der Waals surface area contributed by atoms with Crippen LogP contribution in [0.3, 0.4) is 0 Å². The van der Waals surface area contributed by atoms with Gasteiger partial charge in [0.25, 0.3) is 0 Å². The lowest BCUT2D eigenvalue weighted by Crippen LogP contribution is -2.42. The van der Waals surface area contributed by atoms with E-state index in [1.807, 2.05) is 21.1 Å². The molecule has 0 spiro atoms. The Labute approximate surface area is 46.4 Å². The van der Waals surface area contributed by atoms with E-state index in [0.717, 1.165) is 0 Å². The third-order valence-corrected chi connectivity index (χ3v) is 1.12. The summed E-state index contributed by atoms with van der Waals surface area (Å²) in [5.74, 6) is 0. The molecule has 1 unspecified atom stereocenters. The smallest absolute Gasteiger partial charge is 0.187 e. The van der Waals surface area contributed by atoms with Gasteiger partial charge in [0.2, 0.25) is 0 Å². The summed E-state index contributed by atoms with van der Waals surface area (Å²) in [6.45, 7) is 1.78. The van der Waals surface area contributed by atoms with Gasteiger partial charge in [-0.2, -0.15) is 0 Å². The third-order valence-electron chi connectivity index (χ3n) is 1.12. The van der Waals surface area contributed by atoms with Gasteiger partial charge in [0.05, 0.1) is 21.1 Å². The molecule has 0 bridgehead atoms. The minimum Gasteiger partial charge on any atom is -0.345 e. The predicted molar refractivity (Wildman–Crippen MR) is 30.8 cm³/mol. The zero-order valence-corrected chi connectivity index (χ0v) is 5.47. The lowest BCUT2D eigenvalue weighted by molar-refractivity contribution is -0.916. The van der Waals surface area contributed by atoms with Crippen LogP contribution in [0.5, 0.6) is 0 Å². The van der Waals surface area contributed by atoms with Crippen molar-refractivity contribution in [3.63, 3.8) is 0 Å². The molecule has 0 fully saturated rings. The van der Waals surface area contributed by atoms with E-state index in [0.29, 0.717) is 4.48 Å². The third kappa shape index (κ3) is 2.60. The molecule has 1 atom stereocenters. The van der Waals surface area contributed by atoms with Crippen molar-refractivity contribution in [2.24, 2.45) is 0 Å². The van der Waals surface area contributed by atoms with Gasteiger partial charge in [0.1, 0.15) is 0 Å². The molecule has 7 heavy (non-hydrogen) atoms. The maximum atomic E-state index is 8.86. The highest BCUT2D eigenvalue weighted by atomic mass is 16.3. The molecule has 0 rings (SSSR count). The normalized spacial score (nSPS) is 16.7. The van der Waals surface area contributed by atoms with Gasteiger partial charge >= 0.3 is 0 Å². The summed E-state index contributed by atoms with van der Waals surface area (Å²) in [4.78, 5) is 0. The molecule has 0 heterocycles. The highest BCUT2D eigenvalue weighted by molar-refractivity contribution is 4.18.